The first-order valence-electron chi connectivity index (χ1n) is 8.83. The molecule has 3 aromatic carbocycles. The molecular weight excluding hydrogens is 340 g/mol. The molecule has 0 atom stereocenters. The third-order valence-corrected chi connectivity index (χ3v) is 4.24. The average Bonchev–Trinajstić information content (AvgIpc) is 2.67. The van der Waals surface area contributed by atoms with Crippen LogP contribution < -0.4 is 14.8 Å². The summed E-state index contributed by atoms with van der Waals surface area (Å²) in [6.07, 6.45) is 0. The van der Waals surface area contributed by atoms with Crippen molar-refractivity contribution in [3.63, 3.8) is 0 Å². The van der Waals surface area contributed by atoms with Gasteiger partial charge in [0.1, 0.15) is 18.1 Å². The number of ether oxygens (including phenoxy) is 2. The molecule has 0 fully saturated rings. The maximum absolute atomic E-state index is 13.0. The van der Waals surface area contributed by atoms with E-state index in [9.17, 15) is 4.79 Å². The molecule has 0 heterocycles. The molecular formula is C22H24N2O3. The van der Waals surface area contributed by atoms with Crippen molar-refractivity contribution in [3.8, 4) is 11.5 Å². The summed E-state index contributed by atoms with van der Waals surface area (Å²) in [6.45, 7) is 1.26. The number of anilines is 1. The van der Waals surface area contributed by atoms with E-state index in [2.05, 4.69) is 5.32 Å². The molecule has 5 nitrogen and oxygen atoms in total. The number of para-hydroxylation sites is 2. The molecule has 0 aliphatic rings. The smallest absolute Gasteiger partial charge is 0.259 e. The monoisotopic (exact) mass is 364 g/mol. The van der Waals surface area contributed by atoms with Crippen molar-refractivity contribution < 1.29 is 14.3 Å². The van der Waals surface area contributed by atoms with Crippen LogP contribution in [0.25, 0.3) is 10.8 Å². The molecule has 3 rings (SSSR count). The highest BCUT2D eigenvalue weighted by Crippen LogP contribution is 2.29. The number of methoxy groups -OCH3 is 1. The molecule has 0 radical (unpaired) electrons. The van der Waals surface area contributed by atoms with Gasteiger partial charge in [0.25, 0.3) is 5.91 Å². The van der Waals surface area contributed by atoms with Crippen LogP contribution in [0, 0.1) is 0 Å². The lowest BCUT2D eigenvalue weighted by Crippen LogP contribution is -2.21. The minimum Gasteiger partial charge on any atom is -0.495 e. The van der Waals surface area contributed by atoms with E-state index in [4.69, 9.17) is 9.47 Å². The Labute approximate surface area is 159 Å². The van der Waals surface area contributed by atoms with Gasteiger partial charge in [-0.15, -0.1) is 0 Å². The van der Waals surface area contributed by atoms with E-state index in [1.807, 2.05) is 79.7 Å². The Kier molecular flexibility index (Phi) is 5.94. The highest BCUT2D eigenvalue weighted by Gasteiger charge is 2.16. The number of hydrogen-bond acceptors (Lipinski definition) is 4. The first-order chi connectivity index (χ1) is 13.1. The predicted molar refractivity (Wildman–Crippen MR) is 109 cm³/mol. The Morgan fingerprint density at radius 1 is 0.963 bits per heavy atom. The number of nitrogens with zero attached hydrogens (tertiary/aromatic N) is 1. The van der Waals surface area contributed by atoms with Crippen LogP contribution in [0.15, 0.2) is 60.7 Å². The summed E-state index contributed by atoms with van der Waals surface area (Å²) < 4.78 is 11.3. The second-order valence-electron chi connectivity index (χ2n) is 6.50. The molecule has 0 aromatic heterocycles. The van der Waals surface area contributed by atoms with Crippen molar-refractivity contribution in [2.45, 2.75) is 0 Å². The number of rotatable bonds is 7. The number of fused-ring (bicyclic) bond motifs is 1. The second-order valence-corrected chi connectivity index (χ2v) is 6.50. The molecule has 0 unspecified atom stereocenters. The molecule has 0 bridgehead atoms. The number of likely N-dealkylation sites (N-methyl/N-ethyl adjacent to an activating group) is 1. The summed E-state index contributed by atoms with van der Waals surface area (Å²) in [6, 6.07) is 19.0. The van der Waals surface area contributed by atoms with Crippen molar-refractivity contribution in [2.24, 2.45) is 0 Å². The van der Waals surface area contributed by atoms with Gasteiger partial charge in [-0.05, 0) is 49.1 Å². The number of amides is 1. The van der Waals surface area contributed by atoms with Crippen LogP contribution in [0.5, 0.6) is 11.5 Å². The van der Waals surface area contributed by atoms with E-state index in [0.717, 1.165) is 17.3 Å². The second kappa shape index (κ2) is 8.56. The predicted octanol–water partition coefficient (Wildman–Crippen LogP) is 4.04. The first-order valence-corrected chi connectivity index (χ1v) is 8.83. The normalized spacial score (nSPS) is 10.8. The van der Waals surface area contributed by atoms with Gasteiger partial charge >= 0.3 is 0 Å². The third-order valence-electron chi connectivity index (χ3n) is 4.24. The molecule has 0 saturated carbocycles. The molecule has 0 aliphatic heterocycles. The van der Waals surface area contributed by atoms with Gasteiger partial charge in [-0.1, -0.05) is 36.4 Å². The lowest BCUT2D eigenvalue weighted by Gasteiger charge is -2.16. The minimum absolute atomic E-state index is 0.231. The average molecular weight is 364 g/mol. The molecule has 1 amide bonds. The van der Waals surface area contributed by atoms with E-state index in [0.29, 0.717) is 29.4 Å². The van der Waals surface area contributed by atoms with Gasteiger partial charge in [0.15, 0.2) is 0 Å². The largest absolute Gasteiger partial charge is 0.495 e. The summed E-state index contributed by atoms with van der Waals surface area (Å²) >= 11 is 0. The van der Waals surface area contributed by atoms with Crippen LogP contribution in [0.2, 0.25) is 0 Å². The van der Waals surface area contributed by atoms with Crippen LogP contribution >= 0.6 is 0 Å². The van der Waals surface area contributed by atoms with Gasteiger partial charge in [0.05, 0.1) is 18.4 Å². The standard InChI is InChI=1S/C22H24N2O3/c1-24(2)12-13-27-21-15-17-9-5-4-8-16(17)14-18(21)22(25)23-19-10-6-7-11-20(19)26-3/h4-11,14-15H,12-13H2,1-3H3,(H,23,25). The zero-order valence-electron chi connectivity index (χ0n) is 15.9. The van der Waals surface area contributed by atoms with Gasteiger partial charge in [-0.2, -0.15) is 0 Å². The summed E-state index contributed by atoms with van der Waals surface area (Å²) in [4.78, 5) is 15.0. The Hall–Kier alpha value is -3.05. The van der Waals surface area contributed by atoms with Crippen molar-refractivity contribution >= 4 is 22.4 Å². The van der Waals surface area contributed by atoms with Crippen LogP contribution in [0.1, 0.15) is 10.4 Å². The molecule has 0 saturated heterocycles. The number of hydrogen-bond donors (Lipinski definition) is 1. The summed E-state index contributed by atoms with van der Waals surface area (Å²) in [5.41, 5.74) is 1.12. The molecule has 140 valence electrons. The van der Waals surface area contributed by atoms with Gasteiger partial charge in [-0.3, -0.25) is 4.79 Å². The maximum atomic E-state index is 13.0. The van der Waals surface area contributed by atoms with Gasteiger partial charge in [-0.25, -0.2) is 0 Å². The zero-order chi connectivity index (χ0) is 19.2. The molecule has 3 aromatic rings. The molecule has 0 spiro atoms. The lowest BCUT2D eigenvalue weighted by molar-refractivity contribution is 0.102. The number of benzene rings is 3. The van der Waals surface area contributed by atoms with Crippen molar-refractivity contribution in [1.82, 2.24) is 4.90 Å². The highest BCUT2D eigenvalue weighted by atomic mass is 16.5. The maximum Gasteiger partial charge on any atom is 0.259 e. The quantitative estimate of drug-likeness (QED) is 0.687. The van der Waals surface area contributed by atoms with Crippen LogP contribution in [-0.4, -0.2) is 45.2 Å². The molecule has 0 aliphatic carbocycles. The minimum atomic E-state index is -0.231. The SMILES string of the molecule is COc1ccccc1NC(=O)c1cc2ccccc2cc1OCCN(C)C. The molecule has 1 N–H and O–H groups in total. The van der Waals surface area contributed by atoms with E-state index in [-0.39, 0.29) is 5.91 Å². The Morgan fingerprint density at radius 2 is 1.63 bits per heavy atom. The fraction of sp³-hybridized carbons (Fsp3) is 0.227. The van der Waals surface area contributed by atoms with E-state index >= 15 is 0 Å². The summed E-state index contributed by atoms with van der Waals surface area (Å²) in [5, 5.41) is 4.95. The Morgan fingerprint density at radius 3 is 2.33 bits per heavy atom. The van der Waals surface area contributed by atoms with Crippen LogP contribution in [-0.2, 0) is 0 Å². The number of carbonyl (C=O) groups excluding carboxylic acids is 1. The van der Waals surface area contributed by atoms with Crippen LogP contribution in [0.3, 0.4) is 0 Å². The fourth-order valence-electron chi connectivity index (χ4n) is 2.79. The van der Waals surface area contributed by atoms with E-state index < -0.39 is 0 Å². The third kappa shape index (κ3) is 4.57. The number of carbonyl (C=O) groups is 1. The fourth-order valence-corrected chi connectivity index (χ4v) is 2.79. The summed E-state index contributed by atoms with van der Waals surface area (Å²) in [5.74, 6) is 0.953. The van der Waals surface area contributed by atoms with Gasteiger partial charge in [0.2, 0.25) is 0 Å². The van der Waals surface area contributed by atoms with Crippen molar-refractivity contribution in [2.75, 3.05) is 39.7 Å². The first kappa shape index (κ1) is 18.7. The van der Waals surface area contributed by atoms with Gasteiger partial charge in [0, 0.05) is 6.54 Å². The lowest BCUT2D eigenvalue weighted by atomic mass is 10.1. The zero-order valence-corrected chi connectivity index (χ0v) is 15.9. The Bertz CT molecular complexity index is 938. The van der Waals surface area contributed by atoms with Crippen molar-refractivity contribution in [1.29, 1.82) is 0 Å². The Balaban J connectivity index is 1.93. The topological polar surface area (TPSA) is 50.8 Å². The van der Waals surface area contributed by atoms with E-state index in [1.165, 1.54) is 0 Å². The van der Waals surface area contributed by atoms with Crippen molar-refractivity contribution in [3.05, 3.63) is 66.2 Å². The highest BCUT2D eigenvalue weighted by molar-refractivity contribution is 6.09. The van der Waals surface area contributed by atoms with Crippen LogP contribution in [0.4, 0.5) is 5.69 Å². The summed E-state index contributed by atoms with van der Waals surface area (Å²) in [7, 11) is 5.55. The van der Waals surface area contributed by atoms with Gasteiger partial charge < -0.3 is 19.7 Å². The number of nitrogens with one attached hydrogen (secondary N) is 1. The molecule has 5 heteroatoms. The van der Waals surface area contributed by atoms with E-state index in [1.54, 1.807) is 7.11 Å². The molecule has 27 heavy (non-hydrogen) atoms.